The summed E-state index contributed by atoms with van der Waals surface area (Å²) in [6, 6.07) is 6.69. The van der Waals surface area contributed by atoms with Crippen LogP contribution in [0.25, 0.3) is 0 Å². The van der Waals surface area contributed by atoms with Gasteiger partial charge >= 0.3 is 0 Å². The number of nitrogens with one attached hydrogen (secondary N) is 1. The van der Waals surface area contributed by atoms with Crippen LogP contribution in [0.1, 0.15) is 34.6 Å². The lowest BCUT2D eigenvalue weighted by molar-refractivity contribution is 0.0975. The summed E-state index contributed by atoms with van der Waals surface area (Å²) < 4.78 is 29.1. The third-order valence-corrected chi connectivity index (χ3v) is 6.17. The molecule has 0 bridgehead atoms. The highest BCUT2D eigenvalue weighted by Gasteiger charge is 2.24. The van der Waals surface area contributed by atoms with Crippen LogP contribution in [-0.2, 0) is 29.4 Å². The second kappa shape index (κ2) is 5.87. The maximum atomic E-state index is 12.6. The third-order valence-electron chi connectivity index (χ3n) is 4.84. The largest absolute Gasteiger partial charge is 0.374 e. The minimum Gasteiger partial charge on any atom is -0.374 e. The van der Waals surface area contributed by atoms with Gasteiger partial charge in [0.05, 0.1) is 4.90 Å². The summed E-state index contributed by atoms with van der Waals surface area (Å²) in [5.74, 6) is -0.687. The lowest BCUT2D eigenvalue weighted by Crippen LogP contribution is -2.31. The molecular formula is C17H20N4O3S. The molecule has 1 aromatic heterocycles. The number of amides is 1. The maximum absolute atomic E-state index is 12.6. The molecule has 2 aliphatic rings. The van der Waals surface area contributed by atoms with Gasteiger partial charge in [-0.3, -0.25) is 9.48 Å². The Labute approximate surface area is 146 Å². The number of hydrogen-bond acceptors (Lipinski definition) is 5. The molecule has 1 amide bonds. The molecule has 0 radical (unpaired) electrons. The molecule has 3 heterocycles. The molecule has 0 saturated carbocycles. The van der Waals surface area contributed by atoms with Crippen LogP contribution in [0, 0.1) is 0 Å². The molecule has 1 N–H and O–H groups in total. The monoisotopic (exact) mass is 360 g/mol. The summed E-state index contributed by atoms with van der Waals surface area (Å²) in [4.78, 5) is 14.5. The Morgan fingerprint density at radius 3 is 2.76 bits per heavy atom. The number of benzene rings is 1. The van der Waals surface area contributed by atoms with Crippen molar-refractivity contribution in [1.82, 2.24) is 14.5 Å². The molecule has 25 heavy (non-hydrogen) atoms. The number of carbonyl (C=O) groups is 1. The third kappa shape index (κ3) is 2.90. The zero-order valence-corrected chi connectivity index (χ0v) is 14.8. The number of aryl methyl sites for hydroxylation is 3. The molecule has 7 nitrogen and oxygen atoms in total. The average molecular weight is 360 g/mol. The Balaban J connectivity index is 1.59. The lowest BCUT2D eigenvalue weighted by atomic mass is 10.0. The first-order valence-electron chi connectivity index (χ1n) is 8.42. The summed E-state index contributed by atoms with van der Waals surface area (Å²) >= 11 is 0. The van der Waals surface area contributed by atoms with Crippen LogP contribution in [0.15, 0.2) is 29.2 Å². The normalized spacial score (nSPS) is 16.4. The van der Waals surface area contributed by atoms with Gasteiger partial charge in [-0.05, 0) is 49.4 Å². The number of aromatic nitrogens is 2. The van der Waals surface area contributed by atoms with E-state index in [1.54, 1.807) is 22.9 Å². The standard InChI is InChI=1S/C17H20N4O3S/c1-20-8-2-4-12-6-7-14(11-16(12)20)25(23,24)19-17(22)15-10-13-5-3-9-21(13)18-15/h6-7,10-11H,2-5,8-9H2,1H3,(H,19,22). The SMILES string of the molecule is CN1CCCc2ccc(S(=O)(=O)NC(=O)c3cc4n(n3)CCC4)cc21. The van der Waals surface area contributed by atoms with E-state index in [1.807, 2.05) is 18.0 Å². The quantitative estimate of drug-likeness (QED) is 0.893. The van der Waals surface area contributed by atoms with Crippen LogP contribution >= 0.6 is 0 Å². The van der Waals surface area contributed by atoms with Gasteiger partial charge in [-0.15, -0.1) is 0 Å². The van der Waals surface area contributed by atoms with Crippen molar-refractivity contribution >= 4 is 21.6 Å². The first-order chi connectivity index (χ1) is 11.9. The molecule has 0 unspecified atom stereocenters. The molecular weight excluding hydrogens is 340 g/mol. The minimum atomic E-state index is -3.93. The Kier molecular flexibility index (Phi) is 3.79. The molecule has 0 fully saturated rings. The molecule has 132 valence electrons. The summed E-state index contributed by atoms with van der Waals surface area (Å²) in [6.45, 7) is 1.66. The van der Waals surface area contributed by atoms with E-state index in [4.69, 9.17) is 0 Å². The smallest absolute Gasteiger partial charge is 0.285 e. The highest BCUT2D eigenvalue weighted by molar-refractivity contribution is 7.90. The predicted octanol–water partition coefficient (Wildman–Crippen LogP) is 1.33. The Morgan fingerprint density at radius 1 is 1.16 bits per heavy atom. The number of carbonyl (C=O) groups excluding carboxylic acids is 1. The van der Waals surface area contributed by atoms with Gasteiger partial charge < -0.3 is 4.90 Å². The Bertz CT molecular complexity index is 927. The van der Waals surface area contributed by atoms with E-state index in [9.17, 15) is 13.2 Å². The zero-order chi connectivity index (χ0) is 17.6. The fourth-order valence-electron chi connectivity index (χ4n) is 3.51. The van der Waals surface area contributed by atoms with Gasteiger partial charge in [0.25, 0.3) is 15.9 Å². The van der Waals surface area contributed by atoms with Crippen molar-refractivity contribution in [2.24, 2.45) is 0 Å². The zero-order valence-electron chi connectivity index (χ0n) is 14.0. The average Bonchev–Trinajstić information content (AvgIpc) is 3.16. The molecule has 4 rings (SSSR count). The number of fused-ring (bicyclic) bond motifs is 2. The maximum Gasteiger partial charge on any atom is 0.285 e. The highest BCUT2D eigenvalue weighted by Crippen LogP contribution is 2.28. The van der Waals surface area contributed by atoms with Crippen molar-refractivity contribution in [2.75, 3.05) is 18.5 Å². The van der Waals surface area contributed by atoms with E-state index in [-0.39, 0.29) is 10.6 Å². The van der Waals surface area contributed by atoms with E-state index >= 15 is 0 Å². The van der Waals surface area contributed by atoms with Gasteiger partial charge in [-0.25, -0.2) is 13.1 Å². The number of sulfonamides is 1. The number of anilines is 1. The van der Waals surface area contributed by atoms with Crippen LogP contribution in [0.4, 0.5) is 5.69 Å². The fourth-order valence-corrected chi connectivity index (χ4v) is 4.49. The van der Waals surface area contributed by atoms with Gasteiger partial charge in [0, 0.05) is 31.5 Å². The predicted molar refractivity (Wildman–Crippen MR) is 93.2 cm³/mol. The summed E-state index contributed by atoms with van der Waals surface area (Å²) in [6.07, 6.45) is 3.86. The molecule has 8 heteroatoms. The summed E-state index contributed by atoms with van der Waals surface area (Å²) in [5.41, 5.74) is 3.15. The van der Waals surface area contributed by atoms with Crippen LogP contribution in [-0.4, -0.2) is 37.7 Å². The second-order valence-corrected chi connectivity index (χ2v) is 8.28. The summed E-state index contributed by atoms with van der Waals surface area (Å²) in [7, 11) is -1.99. The first-order valence-corrected chi connectivity index (χ1v) is 9.90. The van der Waals surface area contributed by atoms with Crippen molar-refractivity contribution < 1.29 is 13.2 Å². The number of hydrogen-bond donors (Lipinski definition) is 1. The Morgan fingerprint density at radius 2 is 1.96 bits per heavy atom. The Hall–Kier alpha value is -2.35. The fraction of sp³-hybridized carbons (Fsp3) is 0.412. The molecule has 0 saturated heterocycles. The van der Waals surface area contributed by atoms with Gasteiger partial charge in [0.15, 0.2) is 5.69 Å². The van der Waals surface area contributed by atoms with E-state index in [0.29, 0.717) is 0 Å². The molecule has 0 spiro atoms. The highest BCUT2D eigenvalue weighted by atomic mass is 32.2. The van der Waals surface area contributed by atoms with Gasteiger partial charge in [0.1, 0.15) is 0 Å². The topological polar surface area (TPSA) is 84.3 Å². The van der Waals surface area contributed by atoms with E-state index < -0.39 is 15.9 Å². The molecule has 2 aliphatic heterocycles. The van der Waals surface area contributed by atoms with Crippen LogP contribution in [0.5, 0.6) is 0 Å². The molecule has 0 atom stereocenters. The van der Waals surface area contributed by atoms with Gasteiger partial charge in [-0.2, -0.15) is 5.10 Å². The van der Waals surface area contributed by atoms with Crippen molar-refractivity contribution in [1.29, 1.82) is 0 Å². The number of rotatable bonds is 3. The van der Waals surface area contributed by atoms with Gasteiger partial charge in [0.2, 0.25) is 0 Å². The van der Waals surface area contributed by atoms with Crippen LogP contribution in [0.3, 0.4) is 0 Å². The first kappa shape index (κ1) is 16.1. The van der Waals surface area contributed by atoms with E-state index in [2.05, 4.69) is 9.82 Å². The van der Waals surface area contributed by atoms with Crippen LogP contribution < -0.4 is 9.62 Å². The van der Waals surface area contributed by atoms with Crippen LogP contribution in [0.2, 0.25) is 0 Å². The number of nitrogens with zero attached hydrogens (tertiary/aromatic N) is 3. The lowest BCUT2D eigenvalue weighted by Gasteiger charge is -2.27. The minimum absolute atomic E-state index is 0.0973. The van der Waals surface area contributed by atoms with Crippen molar-refractivity contribution in [2.45, 2.75) is 37.1 Å². The molecule has 2 aromatic rings. The van der Waals surface area contributed by atoms with Crippen molar-refractivity contribution in [3.8, 4) is 0 Å². The van der Waals surface area contributed by atoms with Crippen molar-refractivity contribution in [3.63, 3.8) is 0 Å². The molecule has 1 aromatic carbocycles. The molecule has 0 aliphatic carbocycles. The van der Waals surface area contributed by atoms with Gasteiger partial charge in [-0.1, -0.05) is 6.07 Å². The summed E-state index contributed by atoms with van der Waals surface area (Å²) in [5, 5.41) is 4.18. The van der Waals surface area contributed by atoms with E-state index in [0.717, 1.165) is 55.7 Å². The van der Waals surface area contributed by atoms with Crippen molar-refractivity contribution in [3.05, 3.63) is 41.2 Å². The second-order valence-electron chi connectivity index (χ2n) is 6.60. The van der Waals surface area contributed by atoms with E-state index in [1.165, 1.54) is 0 Å².